The fraction of sp³-hybridized carbons (Fsp3) is 0.727. The first-order valence-electron chi connectivity index (χ1n) is 11.9. The van der Waals surface area contributed by atoms with Gasteiger partial charge in [0, 0.05) is 49.2 Å². The second-order valence-electron chi connectivity index (χ2n) is 8.60. The first kappa shape index (κ1) is 27.1. The van der Waals surface area contributed by atoms with Crippen molar-refractivity contribution in [1.29, 1.82) is 0 Å². The fourth-order valence-electron chi connectivity index (χ4n) is 4.68. The number of amidine groups is 2. The maximum Gasteiger partial charge on any atom is 0.409 e. The lowest BCUT2D eigenvalue weighted by Crippen LogP contribution is -2.61. The Balaban J connectivity index is 1.82. The lowest BCUT2D eigenvalue weighted by Gasteiger charge is -2.41. The Morgan fingerprint density at radius 3 is 2.80 bits per heavy atom. The molecule has 196 valence electrons. The van der Waals surface area contributed by atoms with Gasteiger partial charge in [-0.05, 0) is 27.2 Å². The van der Waals surface area contributed by atoms with Crippen LogP contribution in [0.25, 0.3) is 0 Å². The second-order valence-corrected chi connectivity index (χ2v) is 9.09. The summed E-state index contributed by atoms with van der Waals surface area (Å²) in [5.74, 6) is 0.764. The van der Waals surface area contributed by atoms with E-state index in [1.54, 1.807) is 24.9 Å². The number of fused-ring (bicyclic) bond motifs is 1. The molecular formula is C22H34ClF2N7O3. The number of carbonyl (C=O) groups is 2. The molecule has 3 N–H and O–H groups in total. The van der Waals surface area contributed by atoms with Gasteiger partial charge in [-0.2, -0.15) is 0 Å². The second kappa shape index (κ2) is 12.5. The van der Waals surface area contributed by atoms with Crippen molar-refractivity contribution >= 4 is 35.3 Å². The van der Waals surface area contributed by atoms with Crippen LogP contribution in [0.1, 0.15) is 27.2 Å². The number of hydrogen-bond acceptors (Lipinski definition) is 6. The van der Waals surface area contributed by atoms with Crippen LogP contribution < -0.4 is 16.0 Å². The molecule has 4 atom stereocenters. The molecule has 3 rings (SSSR count). The van der Waals surface area contributed by atoms with Gasteiger partial charge < -0.3 is 25.2 Å². The summed E-state index contributed by atoms with van der Waals surface area (Å²) in [7, 11) is 0. The monoisotopic (exact) mass is 517 g/mol. The van der Waals surface area contributed by atoms with Crippen LogP contribution in [0.3, 0.4) is 0 Å². The van der Waals surface area contributed by atoms with Crippen LogP contribution in [0.5, 0.6) is 0 Å². The maximum atomic E-state index is 12.8. The lowest BCUT2D eigenvalue weighted by atomic mass is 9.88. The smallest absolute Gasteiger partial charge is 0.409 e. The number of carbonyl (C=O) groups excluding carboxylic acids is 2. The van der Waals surface area contributed by atoms with Crippen LogP contribution in [0, 0.1) is 11.8 Å². The first-order chi connectivity index (χ1) is 16.7. The number of halogens is 3. The summed E-state index contributed by atoms with van der Waals surface area (Å²) in [5.41, 5.74) is 0. The SMILES string of the molecule is CC/N=C(\N=C(/C)N1CCN(C(=O)OCC)C[C@H]1C(=O)NCC(F)F)C1CNC2NC=C(Cl)CC21. The van der Waals surface area contributed by atoms with Crippen molar-refractivity contribution in [2.75, 3.05) is 45.9 Å². The molecule has 0 radical (unpaired) electrons. The Bertz CT molecular complexity index is 870. The maximum absolute atomic E-state index is 12.8. The number of rotatable bonds is 6. The highest BCUT2D eigenvalue weighted by atomic mass is 35.5. The molecule has 2 amide bonds. The number of hydrogen-bond donors (Lipinski definition) is 3. The van der Waals surface area contributed by atoms with Crippen LogP contribution in [0.15, 0.2) is 21.2 Å². The number of aliphatic imine (C=N–C) groups is 2. The Kier molecular flexibility index (Phi) is 9.67. The molecule has 2 saturated heterocycles. The van der Waals surface area contributed by atoms with Gasteiger partial charge in [-0.15, -0.1) is 0 Å². The number of piperazine rings is 1. The van der Waals surface area contributed by atoms with Crippen LogP contribution >= 0.6 is 11.6 Å². The van der Waals surface area contributed by atoms with Gasteiger partial charge in [-0.3, -0.25) is 15.1 Å². The molecule has 3 unspecified atom stereocenters. The summed E-state index contributed by atoms with van der Waals surface area (Å²) in [6.45, 7) is 6.64. The zero-order chi connectivity index (χ0) is 25.5. The van der Waals surface area contributed by atoms with E-state index in [1.807, 2.05) is 6.92 Å². The first-order valence-corrected chi connectivity index (χ1v) is 12.3. The summed E-state index contributed by atoms with van der Waals surface area (Å²) in [6.07, 6.45) is -0.650. The summed E-state index contributed by atoms with van der Waals surface area (Å²) in [4.78, 5) is 37.7. The highest BCUT2D eigenvalue weighted by Gasteiger charge is 2.41. The molecule has 3 aliphatic heterocycles. The van der Waals surface area contributed by atoms with E-state index >= 15 is 0 Å². The van der Waals surface area contributed by atoms with Crippen LogP contribution in [-0.4, -0.2) is 98.0 Å². The molecule has 13 heteroatoms. The van der Waals surface area contributed by atoms with Gasteiger partial charge in [0.25, 0.3) is 6.43 Å². The highest BCUT2D eigenvalue weighted by Crippen LogP contribution is 2.33. The van der Waals surface area contributed by atoms with Crippen molar-refractivity contribution in [3.63, 3.8) is 0 Å². The third-order valence-electron chi connectivity index (χ3n) is 6.34. The predicted octanol–water partition coefficient (Wildman–Crippen LogP) is 1.58. The Morgan fingerprint density at radius 1 is 1.34 bits per heavy atom. The average molecular weight is 518 g/mol. The molecule has 0 aromatic heterocycles. The molecule has 2 fully saturated rings. The summed E-state index contributed by atoms with van der Waals surface area (Å²) >= 11 is 6.27. The fourth-order valence-corrected chi connectivity index (χ4v) is 4.92. The number of nitrogens with one attached hydrogen (secondary N) is 3. The molecule has 0 aliphatic carbocycles. The van der Waals surface area contributed by atoms with Gasteiger partial charge >= 0.3 is 6.09 Å². The minimum absolute atomic E-state index is 0.00102. The molecule has 10 nitrogen and oxygen atoms in total. The molecule has 0 spiro atoms. The van der Waals surface area contributed by atoms with Crippen molar-refractivity contribution in [1.82, 2.24) is 25.8 Å². The van der Waals surface area contributed by atoms with Gasteiger partial charge in [0.15, 0.2) is 0 Å². The van der Waals surface area contributed by atoms with E-state index in [0.29, 0.717) is 44.3 Å². The van der Waals surface area contributed by atoms with E-state index in [2.05, 4.69) is 20.9 Å². The quantitative estimate of drug-likeness (QED) is 0.364. The minimum atomic E-state index is -2.68. The molecule has 0 bridgehead atoms. The Labute approximate surface area is 209 Å². The lowest BCUT2D eigenvalue weighted by molar-refractivity contribution is -0.127. The van der Waals surface area contributed by atoms with Gasteiger partial charge in [-0.1, -0.05) is 11.6 Å². The van der Waals surface area contributed by atoms with Crippen molar-refractivity contribution in [2.45, 2.75) is 45.8 Å². The van der Waals surface area contributed by atoms with Crippen LogP contribution in [-0.2, 0) is 9.53 Å². The minimum Gasteiger partial charge on any atom is -0.450 e. The largest absolute Gasteiger partial charge is 0.450 e. The summed E-state index contributed by atoms with van der Waals surface area (Å²) < 4.78 is 30.5. The Morgan fingerprint density at radius 2 is 2.11 bits per heavy atom. The van der Waals surface area contributed by atoms with E-state index in [0.717, 1.165) is 5.03 Å². The van der Waals surface area contributed by atoms with Gasteiger partial charge in [0.05, 0.1) is 25.9 Å². The molecule has 3 heterocycles. The van der Waals surface area contributed by atoms with E-state index in [4.69, 9.17) is 21.3 Å². The normalized spacial score (nSPS) is 27.3. The third-order valence-corrected chi connectivity index (χ3v) is 6.60. The van der Waals surface area contributed by atoms with Crippen molar-refractivity contribution in [3.05, 3.63) is 11.2 Å². The molecule has 0 aromatic rings. The van der Waals surface area contributed by atoms with E-state index in [-0.39, 0.29) is 31.2 Å². The Hall–Kier alpha value is -2.47. The molecule has 0 saturated carbocycles. The number of ether oxygens (including phenoxy) is 1. The topological polar surface area (TPSA) is 111 Å². The summed E-state index contributed by atoms with van der Waals surface area (Å²) in [6, 6.07) is -0.887. The predicted molar refractivity (Wildman–Crippen MR) is 130 cm³/mol. The zero-order valence-electron chi connectivity index (χ0n) is 20.3. The molecule has 35 heavy (non-hydrogen) atoms. The van der Waals surface area contributed by atoms with E-state index < -0.39 is 31.0 Å². The molecule has 0 aromatic carbocycles. The van der Waals surface area contributed by atoms with Crippen LogP contribution in [0.4, 0.5) is 13.6 Å². The molecular weight excluding hydrogens is 484 g/mol. The highest BCUT2D eigenvalue weighted by molar-refractivity contribution is 6.29. The van der Waals surface area contributed by atoms with Crippen LogP contribution in [0.2, 0.25) is 0 Å². The van der Waals surface area contributed by atoms with Gasteiger partial charge in [0.2, 0.25) is 5.91 Å². The van der Waals surface area contributed by atoms with Gasteiger partial charge in [-0.25, -0.2) is 18.6 Å². The molecule has 3 aliphatic rings. The number of amides is 2. The third kappa shape index (κ3) is 6.81. The van der Waals surface area contributed by atoms with E-state index in [1.165, 1.54) is 4.90 Å². The number of allylic oxidation sites excluding steroid dienone is 1. The van der Waals surface area contributed by atoms with Crippen molar-refractivity contribution in [3.8, 4) is 0 Å². The van der Waals surface area contributed by atoms with E-state index in [9.17, 15) is 18.4 Å². The van der Waals surface area contributed by atoms with Crippen molar-refractivity contribution < 1.29 is 23.1 Å². The average Bonchev–Trinajstić information content (AvgIpc) is 3.24. The standard InChI is InChI=1S/C22H34ClF2N7O3/c1-4-26-20(16-10-28-19-15(16)8-14(23)9-27-19)30-13(3)32-7-6-31(22(34)35-5-2)12-17(32)21(33)29-11-18(24)25/h9,15-19,27-28H,4-8,10-12H2,1-3H3,(H,29,33)/b26-20-,30-13+/t15?,16?,17-,19?/m0/s1. The van der Waals surface area contributed by atoms with Crippen molar-refractivity contribution in [2.24, 2.45) is 21.8 Å². The summed E-state index contributed by atoms with van der Waals surface area (Å²) in [5, 5.41) is 9.71. The number of alkyl halides is 2. The van der Waals surface area contributed by atoms with Gasteiger partial charge in [0.1, 0.15) is 17.7 Å². The zero-order valence-corrected chi connectivity index (χ0v) is 21.0. The number of nitrogens with zero attached hydrogens (tertiary/aromatic N) is 4.